The smallest absolute Gasteiger partial charge is 0.300 e. The molecule has 0 rings (SSSR count). The molecule has 62 valence electrons. The monoisotopic (exact) mass is 145 g/mol. The highest BCUT2D eigenvalue weighted by atomic mass is 16.4. The van der Waals surface area contributed by atoms with E-state index in [9.17, 15) is 0 Å². The summed E-state index contributed by atoms with van der Waals surface area (Å²) in [6.07, 6.45) is 0. The van der Waals surface area contributed by atoms with E-state index in [2.05, 4.69) is 0 Å². The fraction of sp³-hybridized carbons (Fsp3) is 0.667. The standard InChI is InChI=1S/C2H4O2.CH4O.H3N.2H2O/c1-2(3)4;1-2;;;/h1H3,(H,3,4);2H,1H3;1H3;2*1H2. The zero-order valence-electron chi connectivity index (χ0n) is 5.75. The van der Waals surface area contributed by atoms with Crippen LogP contribution < -0.4 is 6.15 Å². The zero-order valence-corrected chi connectivity index (χ0v) is 5.75. The number of aliphatic hydroxyl groups excluding tert-OH is 1. The van der Waals surface area contributed by atoms with Crippen LogP contribution in [-0.4, -0.2) is 34.2 Å². The molecule has 0 fully saturated rings. The molecule has 0 radical (unpaired) electrons. The summed E-state index contributed by atoms with van der Waals surface area (Å²) in [5, 5.41) is 14.4. The molecule has 0 heterocycles. The zero-order chi connectivity index (χ0) is 5.58. The molecule has 0 saturated heterocycles. The van der Waals surface area contributed by atoms with Crippen LogP contribution in [0.3, 0.4) is 0 Å². The summed E-state index contributed by atoms with van der Waals surface area (Å²) in [4.78, 5) is 9.00. The molecule has 0 aliphatic carbocycles. The lowest BCUT2D eigenvalue weighted by Gasteiger charge is -1.59. The van der Waals surface area contributed by atoms with E-state index >= 15 is 0 Å². The van der Waals surface area contributed by atoms with Crippen molar-refractivity contribution < 1.29 is 26.0 Å². The van der Waals surface area contributed by atoms with Crippen LogP contribution in [0.25, 0.3) is 0 Å². The van der Waals surface area contributed by atoms with Crippen LogP contribution in [0.5, 0.6) is 0 Å². The van der Waals surface area contributed by atoms with Crippen molar-refractivity contribution in [3.05, 3.63) is 0 Å². The number of hydrogen-bond donors (Lipinski definition) is 3. The third-order valence-corrected chi connectivity index (χ3v) is 0. The number of rotatable bonds is 0. The average Bonchev–Trinajstić information content (AvgIpc) is 1.41. The molecular formula is C3H15NO5. The van der Waals surface area contributed by atoms with Crippen molar-refractivity contribution in [3.8, 4) is 0 Å². The second-order valence-electron chi connectivity index (χ2n) is 0.519. The molecule has 0 aliphatic heterocycles. The summed E-state index contributed by atoms with van der Waals surface area (Å²) < 4.78 is 0. The van der Waals surface area contributed by atoms with Gasteiger partial charge in [-0.25, -0.2) is 0 Å². The van der Waals surface area contributed by atoms with Crippen molar-refractivity contribution in [1.29, 1.82) is 0 Å². The van der Waals surface area contributed by atoms with Gasteiger partial charge in [0, 0.05) is 14.0 Å². The Balaban J connectivity index is -0.00000000990. The molecule has 0 aromatic heterocycles. The number of carbonyl (C=O) groups is 1. The van der Waals surface area contributed by atoms with E-state index in [1.165, 1.54) is 0 Å². The molecule has 9 N–H and O–H groups in total. The molecule has 0 unspecified atom stereocenters. The first-order valence-electron chi connectivity index (χ1n) is 1.37. The third kappa shape index (κ3) is 433. The van der Waals surface area contributed by atoms with E-state index in [4.69, 9.17) is 15.0 Å². The summed E-state index contributed by atoms with van der Waals surface area (Å²) in [5.74, 6) is -0.833. The van der Waals surface area contributed by atoms with Gasteiger partial charge in [0.05, 0.1) is 0 Å². The topological polar surface area (TPSA) is 156 Å². The van der Waals surface area contributed by atoms with Crippen molar-refractivity contribution >= 4 is 5.97 Å². The Labute approximate surface area is 53.3 Å². The Kier molecular flexibility index (Phi) is 246. The van der Waals surface area contributed by atoms with Crippen LogP contribution in [0.2, 0.25) is 0 Å². The fourth-order valence-corrected chi connectivity index (χ4v) is 0. The molecule has 0 aromatic rings. The van der Waals surface area contributed by atoms with Gasteiger partial charge in [0.15, 0.2) is 0 Å². The summed E-state index contributed by atoms with van der Waals surface area (Å²) in [7, 11) is 1.00. The Bertz CT molecular complexity index is 35.2. The predicted molar refractivity (Wildman–Crippen MR) is 33.0 cm³/mol. The highest BCUT2D eigenvalue weighted by Crippen LogP contribution is 1.42. The molecule has 0 spiro atoms. The van der Waals surface area contributed by atoms with Crippen LogP contribution in [-0.2, 0) is 4.79 Å². The van der Waals surface area contributed by atoms with Gasteiger partial charge in [0.2, 0.25) is 0 Å². The number of quaternary nitrogens is 1. The second-order valence-corrected chi connectivity index (χ2v) is 0.519. The summed E-state index contributed by atoms with van der Waals surface area (Å²) >= 11 is 0. The number of carboxylic acids is 1. The Morgan fingerprint density at radius 1 is 1.33 bits per heavy atom. The molecule has 0 amide bonds. The first-order chi connectivity index (χ1) is 2.73. The molecular weight excluding hydrogens is 130 g/mol. The minimum absolute atomic E-state index is 0. The van der Waals surface area contributed by atoms with Gasteiger partial charge in [-0.05, 0) is 0 Å². The minimum atomic E-state index is -0.833. The van der Waals surface area contributed by atoms with E-state index in [1.807, 2.05) is 0 Å². The molecule has 0 aromatic carbocycles. The Morgan fingerprint density at radius 2 is 1.33 bits per heavy atom. The second kappa shape index (κ2) is 54.5. The first kappa shape index (κ1) is 40.5. The molecule has 6 heteroatoms. The lowest BCUT2D eigenvalue weighted by atomic mass is 10.9. The summed E-state index contributed by atoms with van der Waals surface area (Å²) in [6, 6.07) is 0. The number of carboxylic acid groups (broad SMARTS) is 1. The lowest BCUT2D eigenvalue weighted by molar-refractivity contribution is -0.134. The van der Waals surface area contributed by atoms with Gasteiger partial charge in [-0.15, -0.1) is 0 Å². The maximum atomic E-state index is 9.00. The number of aliphatic carboxylic acids is 1. The quantitative estimate of drug-likeness (QED) is 0.402. The van der Waals surface area contributed by atoms with Crippen LogP contribution in [0.4, 0.5) is 0 Å². The van der Waals surface area contributed by atoms with Crippen LogP contribution >= 0.6 is 0 Å². The molecule has 6 nitrogen and oxygen atoms in total. The van der Waals surface area contributed by atoms with Gasteiger partial charge >= 0.3 is 0 Å². The van der Waals surface area contributed by atoms with E-state index in [-0.39, 0.29) is 17.1 Å². The summed E-state index contributed by atoms with van der Waals surface area (Å²) in [6.45, 7) is 1.08. The van der Waals surface area contributed by atoms with E-state index in [0.29, 0.717) is 0 Å². The predicted octanol–water partition coefficient (Wildman–Crippen LogP) is -0.926. The van der Waals surface area contributed by atoms with Crippen molar-refractivity contribution in [3.63, 3.8) is 0 Å². The van der Waals surface area contributed by atoms with E-state index in [0.717, 1.165) is 14.0 Å². The lowest BCUT2D eigenvalue weighted by Crippen LogP contribution is -1.78. The molecule has 0 bridgehead atoms. The average molecular weight is 145 g/mol. The van der Waals surface area contributed by atoms with Gasteiger partial charge in [-0.3, -0.25) is 4.79 Å². The first-order valence-corrected chi connectivity index (χ1v) is 1.37. The van der Waals surface area contributed by atoms with E-state index < -0.39 is 5.97 Å². The van der Waals surface area contributed by atoms with Gasteiger partial charge in [0.25, 0.3) is 5.97 Å². The number of aliphatic hydroxyl groups is 1. The summed E-state index contributed by atoms with van der Waals surface area (Å²) in [5.41, 5.74) is 0. The third-order valence-electron chi connectivity index (χ3n) is 0. The van der Waals surface area contributed by atoms with Gasteiger partial charge in [-0.2, -0.15) is 0 Å². The largest absolute Gasteiger partial charge is 0.870 e. The Hall–Kier alpha value is -0.690. The van der Waals surface area contributed by atoms with Gasteiger partial charge < -0.3 is 27.3 Å². The molecule has 0 saturated carbocycles. The van der Waals surface area contributed by atoms with Crippen LogP contribution in [0.1, 0.15) is 6.92 Å². The Morgan fingerprint density at radius 3 is 1.33 bits per heavy atom. The maximum absolute atomic E-state index is 9.00. The van der Waals surface area contributed by atoms with Crippen LogP contribution in [0, 0.1) is 0 Å². The normalized spacial score (nSPS) is 3.44. The van der Waals surface area contributed by atoms with Crippen molar-refractivity contribution in [2.24, 2.45) is 0 Å². The SMILES string of the molecule is CC(=O)O.CO.O.[NH4+].[OH-]. The van der Waals surface area contributed by atoms with Gasteiger partial charge in [0.1, 0.15) is 0 Å². The van der Waals surface area contributed by atoms with Crippen LogP contribution in [0.15, 0.2) is 0 Å². The number of hydrogen-bond acceptors (Lipinski definition) is 3. The molecule has 0 atom stereocenters. The van der Waals surface area contributed by atoms with Crippen molar-refractivity contribution in [2.45, 2.75) is 6.92 Å². The van der Waals surface area contributed by atoms with E-state index in [1.54, 1.807) is 0 Å². The van der Waals surface area contributed by atoms with Gasteiger partial charge in [-0.1, -0.05) is 0 Å². The minimum Gasteiger partial charge on any atom is -0.870 e. The highest BCUT2D eigenvalue weighted by Gasteiger charge is 1.65. The molecule has 9 heavy (non-hydrogen) atoms. The fourth-order valence-electron chi connectivity index (χ4n) is 0. The van der Waals surface area contributed by atoms with Crippen molar-refractivity contribution in [1.82, 2.24) is 6.15 Å². The van der Waals surface area contributed by atoms with Crippen molar-refractivity contribution in [2.75, 3.05) is 7.11 Å². The highest BCUT2D eigenvalue weighted by molar-refractivity contribution is 5.62. The maximum Gasteiger partial charge on any atom is 0.300 e. The molecule has 0 aliphatic rings.